The number of fused-ring (bicyclic) bond motifs is 1. The fraction of sp³-hybridized carbons (Fsp3) is 0.464. The second-order valence-electron chi connectivity index (χ2n) is 10.1. The average Bonchev–Trinajstić information content (AvgIpc) is 3.46. The molecule has 0 unspecified atom stereocenters. The third kappa shape index (κ3) is 4.76. The van der Waals surface area contributed by atoms with E-state index in [0.29, 0.717) is 18.5 Å². The highest BCUT2D eigenvalue weighted by Crippen LogP contribution is 2.37. The summed E-state index contributed by atoms with van der Waals surface area (Å²) >= 11 is 0. The number of methoxy groups -OCH3 is 2. The van der Waals surface area contributed by atoms with Crippen LogP contribution in [0.3, 0.4) is 0 Å². The number of aromatic nitrogens is 2. The van der Waals surface area contributed by atoms with Crippen LogP contribution in [0, 0.1) is 0 Å². The molecule has 1 fully saturated rings. The number of aryl methyl sites for hydroxylation is 2. The third-order valence-electron chi connectivity index (χ3n) is 6.62. The maximum atomic E-state index is 12.9. The molecule has 2 aromatic heterocycles. The van der Waals surface area contributed by atoms with Gasteiger partial charge in [0.1, 0.15) is 11.2 Å². The first-order chi connectivity index (χ1) is 17.1. The summed E-state index contributed by atoms with van der Waals surface area (Å²) < 4.78 is 18.1. The van der Waals surface area contributed by atoms with Crippen molar-refractivity contribution in [2.75, 3.05) is 20.8 Å². The molecule has 8 heteroatoms. The number of amides is 1. The van der Waals surface area contributed by atoms with E-state index in [1.165, 1.54) is 14.2 Å². The lowest BCUT2D eigenvalue weighted by atomic mass is 10.0. The zero-order chi connectivity index (χ0) is 26.2. The van der Waals surface area contributed by atoms with E-state index in [-0.39, 0.29) is 18.0 Å². The molecule has 36 heavy (non-hydrogen) atoms. The van der Waals surface area contributed by atoms with Crippen molar-refractivity contribution in [1.29, 1.82) is 0 Å². The molecule has 0 bridgehead atoms. The largest absolute Gasteiger partial charge is 0.480 e. The van der Waals surface area contributed by atoms with E-state index in [4.69, 9.17) is 14.2 Å². The number of pyridine rings is 1. The number of hydrogen-bond acceptors (Lipinski definition) is 6. The van der Waals surface area contributed by atoms with Gasteiger partial charge in [0.05, 0.1) is 26.0 Å². The molecule has 3 aromatic rings. The smallest absolute Gasteiger partial charge is 0.410 e. The summed E-state index contributed by atoms with van der Waals surface area (Å²) in [6, 6.07) is 10.1. The Hall–Kier alpha value is -3.55. The van der Waals surface area contributed by atoms with Gasteiger partial charge in [-0.2, -0.15) is 0 Å². The minimum Gasteiger partial charge on any atom is -0.480 e. The van der Waals surface area contributed by atoms with E-state index in [0.717, 1.165) is 46.3 Å². The zero-order valence-corrected chi connectivity index (χ0v) is 22.2. The average molecular weight is 494 g/mol. The van der Waals surface area contributed by atoms with E-state index < -0.39 is 11.6 Å². The van der Waals surface area contributed by atoms with Gasteiger partial charge in [0.15, 0.2) is 0 Å². The maximum absolute atomic E-state index is 12.9. The molecule has 1 amide bonds. The minimum absolute atomic E-state index is 0.0375. The molecule has 192 valence electrons. The number of benzene rings is 1. The topological polar surface area (TPSA) is 82.9 Å². The Labute approximate surface area is 212 Å². The van der Waals surface area contributed by atoms with Crippen LogP contribution in [0.4, 0.5) is 4.79 Å². The van der Waals surface area contributed by atoms with E-state index in [1.807, 2.05) is 45.7 Å². The van der Waals surface area contributed by atoms with Crippen LogP contribution in [0.5, 0.6) is 5.88 Å². The summed E-state index contributed by atoms with van der Waals surface area (Å²) in [4.78, 5) is 31.6. The van der Waals surface area contributed by atoms with Crippen LogP contribution in [0.1, 0.15) is 68.2 Å². The number of hydrogen-bond donors (Lipinski definition) is 0. The first-order valence-electron chi connectivity index (χ1n) is 12.3. The Morgan fingerprint density at radius 3 is 2.53 bits per heavy atom. The highest BCUT2D eigenvalue weighted by molar-refractivity contribution is 5.93. The molecule has 1 aliphatic heterocycles. The van der Waals surface area contributed by atoms with Gasteiger partial charge in [-0.15, -0.1) is 0 Å². The van der Waals surface area contributed by atoms with E-state index in [2.05, 4.69) is 27.8 Å². The van der Waals surface area contributed by atoms with Gasteiger partial charge in [-0.25, -0.2) is 14.6 Å². The lowest BCUT2D eigenvalue weighted by molar-refractivity contribution is 0.0219. The number of carbonyl (C=O) groups is 2. The standard InChI is InChI=1S/C28H35N3O5/c1-8-17-15-20(26(32)35-7)25(34-6)29-24(17)18-11-12-21-19(14-18)16-23(30(21)5)22-10-9-13-31(22)27(33)36-28(2,3)4/h11-12,14-16,22H,8-10,13H2,1-7H3/t22-/m1/s1. The molecular formula is C28H35N3O5. The van der Waals surface area contributed by atoms with Crippen molar-refractivity contribution in [3.63, 3.8) is 0 Å². The number of likely N-dealkylation sites (tertiary alicyclic amines) is 1. The summed E-state index contributed by atoms with van der Waals surface area (Å²) in [5, 5.41) is 1.06. The van der Waals surface area contributed by atoms with Gasteiger partial charge in [-0.05, 0) is 69.9 Å². The SMILES string of the molecule is CCc1cc(C(=O)OC)c(OC)nc1-c1ccc2c(c1)cc([C@H]1CCCN1C(=O)OC(C)(C)C)n2C. The van der Waals surface area contributed by atoms with Crippen LogP contribution in [0.25, 0.3) is 22.2 Å². The number of carbonyl (C=O) groups excluding carboxylic acids is 2. The Kier molecular flexibility index (Phi) is 6.98. The van der Waals surface area contributed by atoms with Crippen molar-refractivity contribution in [2.24, 2.45) is 7.05 Å². The summed E-state index contributed by atoms with van der Waals surface area (Å²) in [7, 11) is 4.87. The first kappa shape index (κ1) is 25.5. The fourth-order valence-corrected chi connectivity index (χ4v) is 4.92. The predicted molar refractivity (Wildman–Crippen MR) is 138 cm³/mol. The van der Waals surface area contributed by atoms with Gasteiger partial charge >= 0.3 is 12.1 Å². The molecule has 0 N–H and O–H groups in total. The Bertz CT molecular complexity index is 1300. The molecule has 0 aliphatic carbocycles. The molecule has 0 saturated carbocycles. The summed E-state index contributed by atoms with van der Waals surface area (Å²) in [6.45, 7) is 8.37. The number of rotatable bonds is 5. The van der Waals surface area contributed by atoms with Crippen molar-refractivity contribution in [3.8, 4) is 17.1 Å². The van der Waals surface area contributed by atoms with Gasteiger partial charge in [-0.1, -0.05) is 13.0 Å². The summed E-state index contributed by atoms with van der Waals surface area (Å²) in [6.07, 6.45) is 2.25. The lowest BCUT2D eigenvalue weighted by Crippen LogP contribution is -2.36. The highest BCUT2D eigenvalue weighted by Gasteiger charge is 2.35. The van der Waals surface area contributed by atoms with Gasteiger partial charge in [-0.3, -0.25) is 4.90 Å². The van der Waals surface area contributed by atoms with Crippen molar-refractivity contribution in [3.05, 3.63) is 47.2 Å². The highest BCUT2D eigenvalue weighted by atomic mass is 16.6. The van der Waals surface area contributed by atoms with Gasteiger partial charge in [0.2, 0.25) is 5.88 Å². The van der Waals surface area contributed by atoms with Crippen LogP contribution < -0.4 is 4.74 Å². The first-order valence-corrected chi connectivity index (χ1v) is 12.3. The predicted octanol–water partition coefficient (Wildman–Crippen LogP) is 5.67. The van der Waals surface area contributed by atoms with Gasteiger partial charge < -0.3 is 18.8 Å². The molecule has 1 atom stereocenters. The molecule has 1 aromatic carbocycles. The van der Waals surface area contributed by atoms with Crippen LogP contribution >= 0.6 is 0 Å². The van der Waals surface area contributed by atoms with Crippen molar-refractivity contribution < 1.29 is 23.8 Å². The molecule has 4 rings (SSSR count). The Balaban J connectivity index is 1.74. The molecule has 0 spiro atoms. The monoisotopic (exact) mass is 493 g/mol. The van der Waals surface area contributed by atoms with E-state index in [9.17, 15) is 9.59 Å². The molecule has 3 heterocycles. The Morgan fingerprint density at radius 1 is 1.14 bits per heavy atom. The van der Waals surface area contributed by atoms with Crippen LogP contribution in [0.15, 0.2) is 30.3 Å². The van der Waals surface area contributed by atoms with Gasteiger partial charge in [0.25, 0.3) is 0 Å². The van der Waals surface area contributed by atoms with Crippen molar-refractivity contribution >= 4 is 23.0 Å². The second-order valence-corrected chi connectivity index (χ2v) is 10.1. The Morgan fingerprint density at radius 2 is 1.89 bits per heavy atom. The molecular weight excluding hydrogens is 458 g/mol. The molecule has 1 saturated heterocycles. The third-order valence-corrected chi connectivity index (χ3v) is 6.62. The number of ether oxygens (including phenoxy) is 3. The van der Waals surface area contributed by atoms with E-state index in [1.54, 1.807) is 6.07 Å². The van der Waals surface area contributed by atoms with Crippen molar-refractivity contribution in [2.45, 2.75) is 58.6 Å². The fourth-order valence-electron chi connectivity index (χ4n) is 4.92. The quantitative estimate of drug-likeness (QED) is 0.426. The maximum Gasteiger partial charge on any atom is 0.410 e. The lowest BCUT2D eigenvalue weighted by Gasteiger charge is -2.29. The second kappa shape index (κ2) is 9.84. The summed E-state index contributed by atoms with van der Waals surface area (Å²) in [5.41, 5.74) is 4.55. The van der Waals surface area contributed by atoms with Gasteiger partial charge in [0, 0.05) is 35.8 Å². The zero-order valence-electron chi connectivity index (χ0n) is 22.2. The molecule has 8 nitrogen and oxygen atoms in total. The summed E-state index contributed by atoms with van der Waals surface area (Å²) in [5.74, 6) is -0.239. The van der Waals surface area contributed by atoms with E-state index >= 15 is 0 Å². The normalized spacial score (nSPS) is 15.9. The van der Waals surface area contributed by atoms with Crippen LogP contribution in [0.2, 0.25) is 0 Å². The molecule has 0 radical (unpaired) electrons. The number of nitrogens with zero attached hydrogens (tertiary/aromatic N) is 3. The van der Waals surface area contributed by atoms with Crippen molar-refractivity contribution in [1.82, 2.24) is 14.5 Å². The number of esters is 1. The van der Waals surface area contributed by atoms with Crippen LogP contribution in [-0.4, -0.2) is 52.9 Å². The molecule has 1 aliphatic rings. The van der Waals surface area contributed by atoms with Crippen LogP contribution in [-0.2, 0) is 22.9 Å². The minimum atomic E-state index is -0.535.